The molecule has 1 aromatic rings. The number of rotatable bonds is 5. The predicted molar refractivity (Wildman–Crippen MR) is 63.9 cm³/mol. The molecule has 0 atom stereocenters. The van der Waals surface area contributed by atoms with Crippen molar-refractivity contribution < 1.29 is 16.8 Å². The van der Waals surface area contributed by atoms with Gasteiger partial charge in [-0.2, -0.15) is 5.26 Å². The van der Waals surface area contributed by atoms with Crippen molar-refractivity contribution in [2.75, 3.05) is 18.6 Å². The average Bonchev–Trinajstić information content (AvgIpc) is 2.27. The minimum absolute atomic E-state index is 0.102. The second-order valence-corrected chi connectivity index (χ2v) is 7.55. The molecule has 18 heavy (non-hydrogen) atoms. The molecule has 1 rings (SSSR count). The SMILES string of the molecule is CS(=O)(=O)CCNS(=O)(=O)c1ccc(C#N)nc1. The summed E-state index contributed by atoms with van der Waals surface area (Å²) in [6, 6.07) is 4.26. The topological polar surface area (TPSA) is 117 Å². The first kappa shape index (κ1) is 14.6. The number of nitriles is 1. The van der Waals surface area contributed by atoms with E-state index in [-0.39, 0.29) is 22.9 Å². The number of nitrogens with zero attached hydrogens (tertiary/aromatic N) is 2. The third-order valence-corrected chi connectivity index (χ3v) is 4.32. The highest BCUT2D eigenvalue weighted by Gasteiger charge is 2.15. The van der Waals surface area contributed by atoms with Gasteiger partial charge in [0.2, 0.25) is 10.0 Å². The summed E-state index contributed by atoms with van der Waals surface area (Å²) < 4.78 is 47.2. The maximum Gasteiger partial charge on any atom is 0.242 e. The van der Waals surface area contributed by atoms with Gasteiger partial charge < -0.3 is 0 Å². The summed E-state index contributed by atoms with van der Waals surface area (Å²) in [5, 5.41) is 8.52. The molecule has 0 aliphatic heterocycles. The van der Waals surface area contributed by atoms with Crippen molar-refractivity contribution in [2.45, 2.75) is 4.90 Å². The zero-order chi connectivity index (χ0) is 13.8. The summed E-state index contributed by atoms with van der Waals surface area (Å²) in [4.78, 5) is 3.51. The largest absolute Gasteiger partial charge is 0.244 e. The molecular weight excluding hydrogens is 278 g/mol. The highest BCUT2D eigenvalue weighted by Crippen LogP contribution is 2.06. The van der Waals surface area contributed by atoms with E-state index in [9.17, 15) is 16.8 Å². The number of sulfonamides is 1. The molecule has 0 saturated carbocycles. The van der Waals surface area contributed by atoms with Crippen LogP contribution in [0.15, 0.2) is 23.2 Å². The number of hydrogen-bond acceptors (Lipinski definition) is 6. The zero-order valence-corrected chi connectivity index (χ0v) is 11.1. The zero-order valence-electron chi connectivity index (χ0n) is 9.49. The van der Waals surface area contributed by atoms with Crippen LogP contribution in [0.2, 0.25) is 0 Å². The maximum absolute atomic E-state index is 11.7. The second kappa shape index (κ2) is 5.43. The first-order valence-electron chi connectivity index (χ1n) is 4.78. The van der Waals surface area contributed by atoms with Gasteiger partial charge in [-0.05, 0) is 12.1 Å². The third-order valence-electron chi connectivity index (χ3n) is 1.93. The summed E-state index contributed by atoms with van der Waals surface area (Å²) in [7, 11) is -7.02. The van der Waals surface area contributed by atoms with Gasteiger partial charge in [0.1, 0.15) is 26.5 Å². The van der Waals surface area contributed by atoms with Gasteiger partial charge in [0.25, 0.3) is 0 Å². The lowest BCUT2D eigenvalue weighted by Crippen LogP contribution is -2.29. The number of aromatic nitrogens is 1. The molecule has 1 N–H and O–H groups in total. The minimum atomic E-state index is -3.79. The number of nitrogens with one attached hydrogen (secondary N) is 1. The van der Waals surface area contributed by atoms with Crippen LogP contribution >= 0.6 is 0 Å². The third kappa shape index (κ3) is 4.40. The molecule has 0 bridgehead atoms. The molecule has 7 nitrogen and oxygen atoms in total. The van der Waals surface area contributed by atoms with E-state index < -0.39 is 19.9 Å². The predicted octanol–water partition coefficient (Wildman–Crippen LogP) is -0.724. The lowest BCUT2D eigenvalue weighted by molar-refractivity contribution is 0.581. The Morgan fingerprint density at radius 2 is 2.00 bits per heavy atom. The van der Waals surface area contributed by atoms with Gasteiger partial charge in [-0.3, -0.25) is 0 Å². The molecule has 0 unspecified atom stereocenters. The van der Waals surface area contributed by atoms with Gasteiger partial charge >= 0.3 is 0 Å². The Morgan fingerprint density at radius 1 is 1.33 bits per heavy atom. The Kier molecular flexibility index (Phi) is 4.39. The van der Waals surface area contributed by atoms with E-state index in [0.717, 1.165) is 12.5 Å². The van der Waals surface area contributed by atoms with Crippen molar-refractivity contribution in [2.24, 2.45) is 0 Å². The first-order chi connectivity index (χ1) is 8.24. The van der Waals surface area contributed by atoms with Crippen molar-refractivity contribution in [3.8, 4) is 6.07 Å². The van der Waals surface area contributed by atoms with Crippen molar-refractivity contribution in [1.29, 1.82) is 5.26 Å². The summed E-state index contributed by atoms with van der Waals surface area (Å²) in [5.74, 6) is -0.282. The Labute approximate surface area is 105 Å². The molecule has 0 fully saturated rings. The van der Waals surface area contributed by atoms with Crippen LogP contribution in [-0.2, 0) is 19.9 Å². The van der Waals surface area contributed by atoms with E-state index in [4.69, 9.17) is 5.26 Å². The van der Waals surface area contributed by atoms with Gasteiger partial charge in [0.05, 0.1) is 5.75 Å². The molecule has 98 valence electrons. The molecule has 0 radical (unpaired) electrons. The molecule has 1 heterocycles. The number of sulfone groups is 1. The van der Waals surface area contributed by atoms with Crippen LogP contribution in [0.3, 0.4) is 0 Å². The van der Waals surface area contributed by atoms with Crippen LogP contribution in [0.1, 0.15) is 5.69 Å². The number of pyridine rings is 1. The quantitative estimate of drug-likeness (QED) is 0.764. The van der Waals surface area contributed by atoms with E-state index in [1.54, 1.807) is 6.07 Å². The van der Waals surface area contributed by atoms with Crippen LogP contribution in [0.5, 0.6) is 0 Å². The summed E-state index contributed by atoms with van der Waals surface area (Å²) in [5.41, 5.74) is 0.102. The Hall–Kier alpha value is -1.50. The molecule has 1 aromatic heterocycles. The van der Waals surface area contributed by atoms with E-state index in [0.29, 0.717) is 0 Å². The minimum Gasteiger partial charge on any atom is -0.244 e. The second-order valence-electron chi connectivity index (χ2n) is 3.52. The molecule has 9 heteroatoms. The normalized spacial score (nSPS) is 12.0. The number of hydrogen-bond donors (Lipinski definition) is 1. The molecule has 0 amide bonds. The fraction of sp³-hybridized carbons (Fsp3) is 0.333. The van der Waals surface area contributed by atoms with Crippen molar-refractivity contribution in [3.05, 3.63) is 24.0 Å². The van der Waals surface area contributed by atoms with Crippen molar-refractivity contribution in [3.63, 3.8) is 0 Å². The smallest absolute Gasteiger partial charge is 0.242 e. The molecule has 0 aromatic carbocycles. The maximum atomic E-state index is 11.7. The Balaban J connectivity index is 2.78. The van der Waals surface area contributed by atoms with Gasteiger partial charge in [-0.15, -0.1) is 0 Å². The van der Waals surface area contributed by atoms with Gasteiger partial charge in [0.15, 0.2) is 0 Å². The standard InChI is InChI=1S/C9H11N3O4S2/c1-17(13,14)5-4-12-18(15,16)9-3-2-8(6-10)11-7-9/h2-3,7,12H,4-5H2,1H3. The van der Waals surface area contributed by atoms with Crippen LogP contribution < -0.4 is 4.72 Å². The van der Waals surface area contributed by atoms with E-state index in [1.807, 2.05) is 0 Å². The fourth-order valence-electron chi connectivity index (χ4n) is 1.05. The lowest BCUT2D eigenvalue weighted by Gasteiger charge is -2.05. The molecule has 0 aliphatic rings. The molecular formula is C9H11N3O4S2. The Bertz CT molecular complexity index is 657. The first-order valence-corrected chi connectivity index (χ1v) is 8.32. The van der Waals surface area contributed by atoms with Crippen molar-refractivity contribution >= 4 is 19.9 Å². The van der Waals surface area contributed by atoms with Crippen LogP contribution in [0.25, 0.3) is 0 Å². The van der Waals surface area contributed by atoms with Crippen molar-refractivity contribution in [1.82, 2.24) is 9.71 Å². The summed E-state index contributed by atoms with van der Waals surface area (Å²) >= 11 is 0. The van der Waals surface area contributed by atoms with Crippen LogP contribution in [0, 0.1) is 11.3 Å². The summed E-state index contributed by atoms with van der Waals surface area (Å²) in [6.07, 6.45) is 2.06. The molecule has 0 saturated heterocycles. The average molecular weight is 289 g/mol. The van der Waals surface area contributed by atoms with Crippen LogP contribution in [-0.4, -0.2) is 40.4 Å². The van der Waals surface area contributed by atoms with Gasteiger partial charge in [-0.25, -0.2) is 26.5 Å². The van der Waals surface area contributed by atoms with Gasteiger partial charge in [-0.1, -0.05) is 0 Å². The highest BCUT2D eigenvalue weighted by atomic mass is 32.2. The Morgan fingerprint density at radius 3 is 2.44 bits per heavy atom. The van der Waals surface area contributed by atoms with E-state index in [2.05, 4.69) is 9.71 Å². The van der Waals surface area contributed by atoms with E-state index in [1.165, 1.54) is 12.1 Å². The molecule has 0 aliphatic carbocycles. The highest BCUT2D eigenvalue weighted by molar-refractivity contribution is 7.91. The summed E-state index contributed by atoms with van der Waals surface area (Å²) in [6.45, 7) is -0.207. The molecule has 0 spiro atoms. The fourth-order valence-corrected chi connectivity index (χ4v) is 2.63. The van der Waals surface area contributed by atoms with Gasteiger partial charge in [0, 0.05) is 19.0 Å². The van der Waals surface area contributed by atoms with E-state index >= 15 is 0 Å². The monoisotopic (exact) mass is 289 g/mol. The van der Waals surface area contributed by atoms with Crippen LogP contribution in [0.4, 0.5) is 0 Å². The lowest BCUT2D eigenvalue weighted by atomic mass is 10.4.